The Bertz CT molecular complexity index is 498. The van der Waals surface area contributed by atoms with Gasteiger partial charge in [0.2, 0.25) is 11.8 Å². The van der Waals surface area contributed by atoms with Crippen molar-refractivity contribution >= 4 is 21.7 Å². The smallest absolute Gasteiger partial charge is 0.221 e. The van der Waals surface area contributed by atoms with E-state index in [4.69, 9.17) is 0 Å². The number of hydrogen-bond acceptors (Lipinski definition) is 5. The Morgan fingerprint density at radius 3 is 2.52 bits per heavy atom. The van der Waals surface area contributed by atoms with E-state index < -0.39 is 9.84 Å². The Morgan fingerprint density at radius 2 is 1.95 bits per heavy atom. The Morgan fingerprint density at radius 1 is 1.29 bits per heavy atom. The number of amides is 2. The highest BCUT2D eigenvalue weighted by atomic mass is 32.2. The number of likely N-dealkylation sites (tertiary alicyclic amines) is 1. The van der Waals surface area contributed by atoms with Gasteiger partial charge in [-0.2, -0.15) is 0 Å². The van der Waals surface area contributed by atoms with Crippen LogP contribution >= 0.6 is 0 Å². The van der Waals surface area contributed by atoms with Crippen LogP contribution in [0.2, 0.25) is 0 Å². The van der Waals surface area contributed by atoms with Crippen LogP contribution in [0.4, 0.5) is 0 Å². The van der Waals surface area contributed by atoms with Crippen LogP contribution in [0.3, 0.4) is 0 Å². The summed E-state index contributed by atoms with van der Waals surface area (Å²) in [6.07, 6.45) is 1.69. The monoisotopic (exact) mass is 317 g/mol. The van der Waals surface area contributed by atoms with Gasteiger partial charge in [0.25, 0.3) is 0 Å². The quantitative estimate of drug-likeness (QED) is 0.688. The van der Waals surface area contributed by atoms with Crippen LogP contribution in [-0.4, -0.2) is 68.4 Å². The third-order valence-corrected chi connectivity index (χ3v) is 5.77. The zero-order chi connectivity index (χ0) is 15.5. The molecule has 8 heteroatoms. The van der Waals surface area contributed by atoms with Gasteiger partial charge in [0.1, 0.15) is 0 Å². The average Bonchev–Trinajstić information content (AvgIpc) is 2.37. The molecule has 2 aliphatic rings. The number of sulfone groups is 1. The summed E-state index contributed by atoms with van der Waals surface area (Å²) >= 11 is 0. The maximum Gasteiger partial charge on any atom is 0.221 e. The summed E-state index contributed by atoms with van der Waals surface area (Å²) in [5, 5.41) is 6.01. The molecule has 2 rings (SSSR count). The average molecular weight is 317 g/mol. The fourth-order valence-corrected chi connectivity index (χ4v) is 4.29. The standard InChI is InChI=1S/C13H23N3O4S/c1-10(17)16-5-2-11(3-6-16)15-13(18)8-12-9-21(19,20)7-4-14-12/h11-12,14H,2-9H2,1H3,(H,15,18). The molecule has 0 spiro atoms. The van der Waals surface area contributed by atoms with Gasteiger partial charge in [-0.3, -0.25) is 9.59 Å². The molecule has 2 amide bonds. The SMILES string of the molecule is CC(=O)N1CCC(NC(=O)CC2CS(=O)(=O)CCN2)CC1. The highest BCUT2D eigenvalue weighted by Gasteiger charge is 2.27. The first-order chi connectivity index (χ1) is 9.85. The molecule has 1 unspecified atom stereocenters. The van der Waals surface area contributed by atoms with Crippen LogP contribution in [0.1, 0.15) is 26.2 Å². The fraction of sp³-hybridized carbons (Fsp3) is 0.846. The Kier molecular flexibility index (Phi) is 5.21. The van der Waals surface area contributed by atoms with E-state index in [0.29, 0.717) is 19.6 Å². The Hall–Kier alpha value is -1.15. The molecule has 21 heavy (non-hydrogen) atoms. The zero-order valence-corrected chi connectivity index (χ0v) is 13.1. The van der Waals surface area contributed by atoms with Crippen LogP contribution < -0.4 is 10.6 Å². The lowest BCUT2D eigenvalue weighted by Crippen LogP contribution is -2.50. The molecule has 2 saturated heterocycles. The van der Waals surface area contributed by atoms with E-state index in [1.807, 2.05) is 0 Å². The van der Waals surface area contributed by atoms with Crippen molar-refractivity contribution in [2.24, 2.45) is 0 Å². The van der Waals surface area contributed by atoms with Gasteiger partial charge in [0, 0.05) is 45.1 Å². The van der Waals surface area contributed by atoms with Crippen molar-refractivity contribution < 1.29 is 18.0 Å². The molecule has 120 valence electrons. The molecule has 0 saturated carbocycles. The summed E-state index contributed by atoms with van der Waals surface area (Å²) in [5.41, 5.74) is 0. The molecule has 0 aromatic heterocycles. The summed E-state index contributed by atoms with van der Waals surface area (Å²) < 4.78 is 23.0. The predicted octanol–water partition coefficient (Wildman–Crippen LogP) is -1.11. The number of nitrogens with zero attached hydrogens (tertiary/aromatic N) is 1. The molecule has 2 heterocycles. The summed E-state index contributed by atoms with van der Waals surface area (Å²) in [4.78, 5) is 25.0. The molecule has 0 bridgehead atoms. The lowest BCUT2D eigenvalue weighted by atomic mass is 10.0. The molecule has 0 aromatic rings. The number of carbonyl (C=O) groups is 2. The van der Waals surface area contributed by atoms with Crippen molar-refractivity contribution in [3.05, 3.63) is 0 Å². The molecule has 2 N–H and O–H groups in total. The second-order valence-corrected chi connectivity index (χ2v) is 8.05. The van der Waals surface area contributed by atoms with Crippen molar-refractivity contribution in [3.8, 4) is 0 Å². The van der Waals surface area contributed by atoms with Crippen molar-refractivity contribution in [3.63, 3.8) is 0 Å². The molecule has 7 nitrogen and oxygen atoms in total. The van der Waals surface area contributed by atoms with Gasteiger partial charge < -0.3 is 15.5 Å². The van der Waals surface area contributed by atoms with Gasteiger partial charge in [0.15, 0.2) is 9.84 Å². The van der Waals surface area contributed by atoms with E-state index in [0.717, 1.165) is 12.8 Å². The highest BCUT2D eigenvalue weighted by Crippen LogP contribution is 2.11. The summed E-state index contributed by atoms with van der Waals surface area (Å²) in [7, 11) is -3.01. The van der Waals surface area contributed by atoms with Gasteiger partial charge in [-0.25, -0.2) is 8.42 Å². The summed E-state index contributed by atoms with van der Waals surface area (Å²) in [6.45, 7) is 3.29. The summed E-state index contributed by atoms with van der Waals surface area (Å²) in [5.74, 6) is 0.125. The van der Waals surface area contributed by atoms with Crippen molar-refractivity contribution in [2.45, 2.75) is 38.3 Å². The maximum atomic E-state index is 12.0. The first-order valence-electron chi connectivity index (χ1n) is 7.34. The molecular weight excluding hydrogens is 294 g/mol. The van der Waals surface area contributed by atoms with E-state index in [9.17, 15) is 18.0 Å². The molecular formula is C13H23N3O4S. The molecule has 2 fully saturated rings. The molecule has 0 aromatic carbocycles. The number of nitrogens with one attached hydrogen (secondary N) is 2. The van der Waals surface area contributed by atoms with E-state index in [2.05, 4.69) is 10.6 Å². The largest absolute Gasteiger partial charge is 0.353 e. The van der Waals surface area contributed by atoms with Crippen LogP contribution in [-0.2, 0) is 19.4 Å². The lowest BCUT2D eigenvalue weighted by Gasteiger charge is -2.32. The van der Waals surface area contributed by atoms with Gasteiger partial charge in [-0.05, 0) is 12.8 Å². The lowest BCUT2D eigenvalue weighted by molar-refractivity contribution is -0.130. The minimum absolute atomic E-state index is 0.0310. The van der Waals surface area contributed by atoms with Gasteiger partial charge in [-0.15, -0.1) is 0 Å². The second kappa shape index (κ2) is 6.74. The second-order valence-electron chi connectivity index (χ2n) is 5.82. The molecule has 0 radical (unpaired) electrons. The van der Waals surface area contributed by atoms with Crippen LogP contribution in [0.15, 0.2) is 0 Å². The van der Waals surface area contributed by atoms with Crippen LogP contribution in [0.25, 0.3) is 0 Å². The minimum atomic E-state index is -3.01. The maximum absolute atomic E-state index is 12.0. The van der Waals surface area contributed by atoms with E-state index in [-0.39, 0.29) is 41.8 Å². The Balaban J connectivity index is 1.74. The van der Waals surface area contributed by atoms with Crippen molar-refractivity contribution in [2.75, 3.05) is 31.1 Å². The first-order valence-corrected chi connectivity index (χ1v) is 9.16. The fourth-order valence-electron chi connectivity index (χ4n) is 2.85. The summed E-state index contributed by atoms with van der Waals surface area (Å²) in [6, 6.07) is -0.214. The number of rotatable bonds is 3. The first kappa shape index (κ1) is 16.2. The number of piperidine rings is 1. The predicted molar refractivity (Wildman–Crippen MR) is 78.5 cm³/mol. The molecule has 2 aliphatic heterocycles. The minimum Gasteiger partial charge on any atom is -0.353 e. The number of carbonyl (C=O) groups excluding carboxylic acids is 2. The number of hydrogen-bond donors (Lipinski definition) is 2. The van der Waals surface area contributed by atoms with E-state index >= 15 is 0 Å². The topological polar surface area (TPSA) is 95.6 Å². The van der Waals surface area contributed by atoms with Crippen molar-refractivity contribution in [1.82, 2.24) is 15.5 Å². The van der Waals surface area contributed by atoms with Crippen molar-refractivity contribution in [1.29, 1.82) is 0 Å². The van der Waals surface area contributed by atoms with Gasteiger partial charge in [-0.1, -0.05) is 0 Å². The van der Waals surface area contributed by atoms with E-state index in [1.165, 1.54) is 0 Å². The highest BCUT2D eigenvalue weighted by molar-refractivity contribution is 7.91. The van der Waals surface area contributed by atoms with Gasteiger partial charge in [0.05, 0.1) is 11.5 Å². The zero-order valence-electron chi connectivity index (χ0n) is 12.3. The third kappa shape index (κ3) is 4.96. The van der Waals surface area contributed by atoms with Crippen LogP contribution in [0.5, 0.6) is 0 Å². The Labute approximate surface area is 125 Å². The van der Waals surface area contributed by atoms with E-state index in [1.54, 1.807) is 11.8 Å². The molecule has 1 atom stereocenters. The third-order valence-electron chi connectivity index (χ3n) is 4.04. The van der Waals surface area contributed by atoms with Crippen LogP contribution in [0, 0.1) is 0 Å². The van der Waals surface area contributed by atoms with Gasteiger partial charge >= 0.3 is 0 Å². The normalized spacial score (nSPS) is 26.3. The molecule has 0 aliphatic carbocycles.